The third-order valence-corrected chi connectivity index (χ3v) is 4.10. The minimum absolute atomic E-state index is 0.230. The molecule has 0 aliphatic heterocycles. The van der Waals surface area contributed by atoms with Crippen LogP contribution in [-0.4, -0.2) is 24.7 Å². The molecule has 0 fully saturated rings. The van der Waals surface area contributed by atoms with Gasteiger partial charge in [0.15, 0.2) is 9.84 Å². The standard InChI is InChI=1S/C10H11O4S/c1-7(2)15(13,14)9-6-4-3-5-8(9)10(11)12/h3-5,7H,1-2H3,(H,11,12). The van der Waals surface area contributed by atoms with E-state index < -0.39 is 21.1 Å². The molecule has 0 aliphatic carbocycles. The molecule has 0 amide bonds. The molecule has 0 saturated heterocycles. The van der Waals surface area contributed by atoms with Gasteiger partial charge in [-0.05, 0) is 19.9 Å². The lowest BCUT2D eigenvalue weighted by Crippen LogP contribution is -2.17. The molecule has 0 heterocycles. The smallest absolute Gasteiger partial charge is 0.337 e. The Labute approximate surface area is 88.5 Å². The molecule has 0 atom stereocenters. The van der Waals surface area contributed by atoms with Crippen molar-refractivity contribution in [2.45, 2.75) is 24.0 Å². The molecule has 0 spiro atoms. The maximum Gasteiger partial charge on any atom is 0.337 e. The molecule has 1 N–H and O–H groups in total. The monoisotopic (exact) mass is 227 g/mol. The van der Waals surface area contributed by atoms with E-state index in [-0.39, 0.29) is 10.5 Å². The molecule has 15 heavy (non-hydrogen) atoms. The third-order valence-electron chi connectivity index (χ3n) is 1.95. The van der Waals surface area contributed by atoms with Crippen LogP contribution < -0.4 is 0 Å². The van der Waals surface area contributed by atoms with Crippen LogP contribution in [0, 0.1) is 6.07 Å². The highest BCUT2D eigenvalue weighted by molar-refractivity contribution is 7.92. The van der Waals surface area contributed by atoms with Crippen molar-refractivity contribution in [2.24, 2.45) is 0 Å². The van der Waals surface area contributed by atoms with Gasteiger partial charge < -0.3 is 5.11 Å². The highest BCUT2D eigenvalue weighted by Gasteiger charge is 2.24. The van der Waals surface area contributed by atoms with Gasteiger partial charge in [0.1, 0.15) is 0 Å². The summed E-state index contributed by atoms with van der Waals surface area (Å²) in [5.41, 5.74) is -0.230. The van der Waals surface area contributed by atoms with E-state index in [1.165, 1.54) is 32.0 Å². The zero-order chi connectivity index (χ0) is 11.6. The van der Waals surface area contributed by atoms with E-state index in [1.807, 2.05) is 0 Å². The van der Waals surface area contributed by atoms with Crippen LogP contribution >= 0.6 is 0 Å². The predicted molar refractivity (Wildman–Crippen MR) is 54.6 cm³/mol. The summed E-state index contributed by atoms with van der Waals surface area (Å²) in [6, 6.07) is 6.57. The van der Waals surface area contributed by atoms with Crippen LogP contribution in [0.3, 0.4) is 0 Å². The van der Waals surface area contributed by atoms with Gasteiger partial charge in [-0.1, -0.05) is 12.1 Å². The number of rotatable bonds is 3. The molecule has 0 unspecified atom stereocenters. The first-order chi connectivity index (χ1) is 6.87. The Kier molecular flexibility index (Phi) is 3.14. The molecule has 5 heteroatoms. The number of carbonyl (C=O) groups is 1. The van der Waals surface area contributed by atoms with E-state index in [2.05, 4.69) is 6.07 Å². The SMILES string of the molecule is CC(C)S(=O)(=O)c1[c]cccc1C(=O)O. The molecule has 0 aromatic heterocycles. The summed E-state index contributed by atoms with van der Waals surface area (Å²) in [4.78, 5) is 10.6. The summed E-state index contributed by atoms with van der Waals surface area (Å²) >= 11 is 0. The lowest BCUT2D eigenvalue weighted by molar-refractivity contribution is 0.0692. The molecule has 1 rings (SSSR count). The fraction of sp³-hybridized carbons (Fsp3) is 0.300. The summed E-state index contributed by atoms with van der Waals surface area (Å²) in [5, 5.41) is 8.17. The minimum atomic E-state index is -3.59. The lowest BCUT2D eigenvalue weighted by atomic mass is 10.2. The quantitative estimate of drug-likeness (QED) is 0.846. The van der Waals surface area contributed by atoms with Crippen molar-refractivity contribution in [3.63, 3.8) is 0 Å². The van der Waals surface area contributed by atoms with Gasteiger partial charge in [-0.15, -0.1) is 0 Å². The van der Waals surface area contributed by atoms with E-state index >= 15 is 0 Å². The Morgan fingerprint density at radius 3 is 2.53 bits per heavy atom. The fourth-order valence-electron chi connectivity index (χ4n) is 1.06. The maximum absolute atomic E-state index is 11.8. The summed E-state index contributed by atoms with van der Waals surface area (Å²) in [7, 11) is -3.59. The highest BCUT2D eigenvalue weighted by Crippen LogP contribution is 2.19. The van der Waals surface area contributed by atoms with Crippen molar-refractivity contribution in [3.8, 4) is 0 Å². The van der Waals surface area contributed by atoms with Gasteiger partial charge in [-0.3, -0.25) is 0 Å². The first kappa shape index (κ1) is 11.7. The Morgan fingerprint density at radius 2 is 2.07 bits per heavy atom. The zero-order valence-corrected chi connectivity index (χ0v) is 9.21. The van der Waals surface area contributed by atoms with Crippen molar-refractivity contribution in [2.75, 3.05) is 0 Å². The number of hydrogen-bond donors (Lipinski definition) is 1. The second kappa shape index (κ2) is 4.02. The summed E-state index contributed by atoms with van der Waals surface area (Å²) < 4.78 is 23.5. The van der Waals surface area contributed by atoms with Crippen LogP contribution in [0.25, 0.3) is 0 Å². The minimum Gasteiger partial charge on any atom is -0.478 e. The molecular weight excluding hydrogens is 216 g/mol. The van der Waals surface area contributed by atoms with Crippen LogP contribution in [0.1, 0.15) is 24.2 Å². The molecule has 0 saturated carbocycles. The molecule has 0 bridgehead atoms. The predicted octanol–water partition coefficient (Wildman–Crippen LogP) is 1.37. The van der Waals surface area contributed by atoms with Crippen LogP contribution in [0.5, 0.6) is 0 Å². The summed E-state index contributed by atoms with van der Waals surface area (Å²) in [6.45, 7) is 3.00. The van der Waals surface area contributed by atoms with E-state index in [0.717, 1.165) is 0 Å². The number of sulfone groups is 1. The van der Waals surface area contributed by atoms with E-state index in [0.29, 0.717) is 0 Å². The average molecular weight is 227 g/mol. The van der Waals surface area contributed by atoms with Gasteiger partial charge >= 0.3 is 5.97 Å². The van der Waals surface area contributed by atoms with Crippen molar-refractivity contribution in [1.82, 2.24) is 0 Å². The Balaban J connectivity index is 3.45. The van der Waals surface area contributed by atoms with Crippen molar-refractivity contribution >= 4 is 15.8 Å². The Morgan fingerprint density at radius 1 is 1.47 bits per heavy atom. The zero-order valence-electron chi connectivity index (χ0n) is 8.39. The Bertz CT molecular complexity index is 474. The van der Waals surface area contributed by atoms with E-state index in [4.69, 9.17) is 5.11 Å². The third kappa shape index (κ3) is 2.18. The van der Waals surface area contributed by atoms with E-state index in [1.54, 1.807) is 0 Å². The van der Waals surface area contributed by atoms with Gasteiger partial charge in [0, 0.05) is 6.07 Å². The van der Waals surface area contributed by atoms with Gasteiger partial charge in [0.05, 0.1) is 15.7 Å². The second-order valence-corrected chi connectivity index (χ2v) is 5.75. The summed E-state index contributed by atoms with van der Waals surface area (Å²) in [5.74, 6) is -1.26. The van der Waals surface area contributed by atoms with Gasteiger partial charge in [-0.25, -0.2) is 13.2 Å². The number of carboxylic acid groups (broad SMARTS) is 1. The van der Waals surface area contributed by atoms with E-state index in [9.17, 15) is 13.2 Å². The van der Waals surface area contributed by atoms with Gasteiger partial charge in [0.25, 0.3) is 0 Å². The molecule has 1 aromatic carbocycles. The molecule has 4 nitrogen and oxygen atoms in total. The van der Waals surface area contributed by atoms with Crippen molar-refractivity contribution in [1.29, 1.82) is 0 Å². The fourth-order valence-corrected chi connectivity index (χ4v) is 2.23. The van der Waals surface area contributed by atoms with Crippen LogP contribution in [0.4, 0.5) is 0 Å². The van der Waals surface area contributed by atoms with Crippen LogP contribution in [0.15, 0.2) is 23.1 Å². The average Bonchev–Trinajstić information content (AvgIpc) is 2.17. The first-order valence-corrected chi connectivity index (χ1v) is 5.90. The number of aromatic carboxylic acids is 1. The van der Waals surface area contributed by atoms with Gasteiger partial charge in [-0.2, -0.15) is 0 Å². The molecule has 1 radical (unpaired) electrons. The number of benzene rings is 1. The summed E-state index contributed by atoms with van der Waals surface area (Å²) in [6.07, 6.45) is 0. The van der Waals surface area contributed by atoms with Crippen molar-refractivity contribution in [3.05, 3.63) is 29.8 Å². The molecule has 0 aliphatic rings. The second-order valence-electron chi connectivity index (χ2n) is 3.31. The molecular formula is C10H11O4S. The van der Waals surface area contributed by atoms with Crippen LogP contribution in [-0.2, 0) is 9.84 Å². The number of carboxylic acids is 1. The van der Waals surface area contributed by atoms with Crippen LogP contribution in [0.2, 0.25) is 0 Å². The first-order valence-electron chi connectivity index (χ1n) is 4.35. The topological polar surface area (TPSA) is 71.4 Å². The normalized spacial score (nSPS) is 11.7. The lowest BCUT2D eigenvalue weighted by Gasteiger charge is -2.09. The molecule has 1 aromatic rings. The number of hydrogen-bond acceptors (Lipinski definition) is 3. The van der Waals surface area contributed by atoms with Crippen molar-refractivity contribution < 1.29 is 18.3 Å². The van der Waals surface area contributed by atoms with Gasteiger partial charge in [0.2, 0.25) is 0 Å². The maximum atomic E-state index is 11.8. The molecule has 81 valence electrons. The highest BCUT2D eigenvalue weighted by atomic mass is 32.2. The largest absolute Gasteiger partial charge is 0.478 e. The Hall–Kier alpha value is -1.36.